The fourth-order valence-corrected chi connectivity index (χ4v) is 4.76. The molecule has 0 fully saturated rings. The van der Waals surface area contributed by atoms with E-state index in [0.717, 1.165) is 17.4 Å². The van der Waals surface area contributed by atoms with E-state index in [1.807, 2.05) is 0 Å². The van der Waals surface area contributed by atoms with Crippen LogP contribution in [0.2, 0.25) is 5.02 Å². The van der Waals surface area contributed by atoms with E-state index in [4.69, 9.17) is 11.6 Å². The number of rotatable bonds is 4. The van der Waals surface area contributed by atoms with Crippen LogP contribution in [0.25, 0.3) is 0 Å². The monoisotopic (exact) mass is 335 g/mol. The van der Waals surface area contributed by atoms with Crippen molar-refractivity contribution in [3.05, 3.63) is 44.9 Å². The molecule has 1 aromatic heterocycles. The smallest absolute Gasteiger partial charge is 0.263 e. The minimum absolute atomic E-state index is 0.0352. The number of benzene rings is 1. The lowest BCUT2D eigenvalue weighted by Gasteiger charge is -2.11. The molecule has 108 valence electrons. The summed E-state index contributed by atoms with van der Waals surface area (Å²) < 4.78 is 40.4. The van der Waals surface area contributed by atoms with Gasteiger partial charge in [-0.05, 0) is 30.0 Å². The lowest BCUT2D eigenvalue weighted by Crippen LogP contribution is -2.16. The van der Waals surface area contributed by atoms with Crippen LogP contribution in [-0.2, 0) is 16.6 Å². The first-order chi connectivity index (χ1) is 9.36. The second-order valence-corrected chi connectivity index (χ2v) is 7.02. The van der Waals surface area contributed by atoms with Crippen LogP contribution in [0.1, 0.15) is 10.4 Å². The van der Waals surface area contributed by atoms with Gasteiger partial charge in [-0.1, -0.05) is 17.7 Å². The van der Waals surface area contributed by atoms with Crippen molar-refractivity contribution in [3.8, 4) is 0 Å². The summed E-state index contributed by atoms with van der Waals surface area (Å²) in [6.07, 6.45) is 0. The highest BCUT2D eigenvalue weighted by molar-refractivity contribution is 7.93. The number of aliphatic hydroxyl groups is 1. The maximum Gasteiger partial charge on any atom is 0.263 e. The van der Waals surface area contributed by atoms with Crippen molar-refractivity contribution in [1.29, 1.82) is 0 Å². The predicted octanol–water partition coefficient (Wildman–Crippen LogP) is 3.14. The van der Waals surface area contributed by atoms with E-state index in [9.17, 15) is 17.9 Å². The van der Waals surface area contributed by atoms with Gasteiger partial charge in [-0.25, -0.2) is 12.8 Å². The highest BCUT2D eigenvalue weighted by Gasteiger charge is 2.24. The molecule has 4 nitrogen and oxygen atoms in total. The van der Waals surface area contributed by atoms with E-state index in [2.05, 4.69) is 4.72 Å². The van der Waals surface area contributed by atoms with Gasteiger partial charge in [0.2, 0.25) is 0 Å². The van der Waals surface area contributed by atoms with Crippen LogP contribution in [0.4, 0.5) is 10.1 Å². The second kappa shape index (κ2) is 5.69. The van der Waals surface area contributed by atoms with Crippen LogP contribution in [0.15, 0.2) is 28.5 Å². The fraction of sp³-hybridized carbons (Fsp3) is 0.167. The molecule has 2 N–H and O–H groups in total. The largest absolute Gasteiger partial charge is 0.391 e. The SMILES string of the molecule is Cc1csc(CO)c1S(=O)(=O)Nc1c(F)cccc1Cl. The van der Waals surface area contributed by atoms with Gasteiger partial charge >= 0.3 is 0 Å². The number of hydrogen-bond acceptors (Lipinski definition) is 4. The molecule has 0 saturated carbocycles. The van der Waals surface area contributed by atoms with Gasteiger partial charge in [0.25, 0.3) is 10.0 Å². The van der Waals surface area contributed by atoms with Crippen LogP contribution < -0.4 is 4.72 Å². The van der Waals surface area contributed by atoms with E-state index >= 15 is 0 Å². The summed E-state index contributed by atoms with van der Waals surface area (Å²) in [6, 6.07) is 3.87. The van der Waals surface area contributed by atoms with Crippen molar-refractivity contribution in [1.82, 2.24) is 0 Å². The Morgan fingerprint density at radius 2 is 2.15 bits per heavy atom. The summed E-state index contributed by atoms with van der Waals surface area (Å²) in [5.74, 6) is -0.764. The molecule has 0 saturated heterocycles. The molecule has 8 heteroatoms. The summed E-state index contributed by atoms with van der Waals surface area (Å²) in [5, 5.41) is 10.8. The number of hydrogen-bond donors (Lipinski definition) is 2. The number of aliphatic hydroxyl groups excluding tert-OH is 1. The number of anilines is 1. The van der Waals surface area contributed by atoms with E-state index in [0.29, 0.717) is 10.4 Å². The highest BCUT2D eigenvalue weighted by Crippen LogP contribution is 2.31. The average Bonchev–Trinajstić information content (AvgIpc) is 2.76. The Bertz CT molecular complexity index is 723. The molecule has 0 atom stereocenters. The summed E-state index contributed by atoms with van der Waals surface area (Å²) in [4.78, 5) is 0.256. The van der Waals surface area contributed by atoms with Crippen LogP contribution in [-0.4, -0.2) is 13.5 Å². The van der Waals surface area contributed by atoms with Gasteiger partial charge in [-0.15, -0.1) is 11.3 Å². The maximum absolute atomic E-state index is 13.6. The molecular weight excluding hydrogens is 325 g/mol. The molecule has 0 aliphatic carbocycles. The van der Waals surface area contributed by atoms with Crippen molar-refractivity contribution in [2.24, 2.45) is 0 Å². The standard InChI is InChI=1S/C12H11ClFNO3S2/c1-7-6-19-10(5-16)12(7)20(17,18)15-11-8(13)3-2-4-9(11)14/h2-4,6,15-16H,5H2,1H3. The van der Waals surface area contributed by atoms with Crippen molar-refractivity contribution in [3.63, 3.8) is 0 Å². The van der Waals surface area contributed by atoms with Gasteiger partial charge in [0, 0.05) is 0 Å². The van der Waals surface area contributed by atoms with Crippen LogP contribution in [0.5, 0.6) is 0 Å². The van der Waals surface area contributed by atoms with Crippen molar-refractivity contribution >= 4 is 38.6 Å². The number of para-hydroxylation sites is 1. The Labute approximate surface area is 124 Å². The third-order valence-electron chi connectivity index (χ3n) is 2.60. The molecule has 0 amide bonds. The summed E-state index contributed by atoms with van der Waals surface area (Å²) in [5.41, 5.74) is 0.183. The minimum Gasteiger partial charge on any atom is -0.391 e. The number of nitrogens with one attached hydrogen (secondary N) is 1. The molecule has 2 aromatic rings. The Morgan fingerprint density at radius 3 is 2.75 bits per heavy atom. The van der Waals surface area contributed by atoms with Gasteiger partial charge in [0.05, 0.1) is 16.5 Å². The van der Waals surface area contributed by atoms with Crippen LogP contribution >= 0.6 is 22.9 Å². The Morgan fingerprint density at radius 1 is 1.45 bits per heavy atom. The topological polar surface area (TPSA) is 66.4 Å². The van der Waals surface area contributed by atoms with Gasteiger partial charge in [-0.2, -0.15) is 0 Å². The van der Waals surface area contributed by atoms with E-state index in [1.54, 1.807) is 12.3 Å². The molecule has 20 heavy (non-hydrogen) atoms. The summed E-state index contributed by atoms with van der Waals surface area (Å²) in [7, 11) is -4.01. The molecule has 1 aromatic carbocycles. The van der Waals surface area contributed by atoms with E-state index in [1.165, 1.54) is 12.1 Å². The fourth-order valence-electron chi connectivity index (χ4n) is 1.74. The summed E-state index contributed by atoms with van der Waals surface area (Å²) >= 11 is 6.92. The number of thiophene rings is 1. The van der Waals surface area contributed by atoms with Crippen LogP contribution in [0, 0.1) is 12.7 Å². The third-order valence-corrected chi connectivity index (χ3v) is 5.71. The molecule has 0 unspecified atom stereocenters. The van der Waals surface area contributed by atoms with Gasteiger partial charge in [0.1, 0.15) is 16.4 Å². The molecule has 0 aliphatic heterocycles. The van der Waals surface area contributed by atoms with Crippen molar-refractivity contribution in [2.75, 3.05) is 4.72 Å². The lowest BCUT2D eigenvalue weighted by molar-refractivity contribution is 0.282. The zero-order valence-electron chi connectivity index (χ0n) is 10.4. The second-order valence-electron chi connectivity index (χ2n) is 4.03. The van der Waals surface area contributed by atoms with Gasteiger partial charge < -0.3 is 5.11 Å². The number of halogens is 2. The zero-order valence-corrected chi connectivity index (χ0v) is 12.7. The zero-order chi connectivity index (χ0) is 14.9. The molecule has 0 spiro atoms. The minimum atomic E-state index is -4.01. The molecule has 0 bridgehead atoms. The molecular formula is C12H11ClFNO3S2. The van der Waals surface area contributed by atoms with Crippen LogP contribution in [0.3, 0.4) is 0 Å². The first-order valence-electron chi connectivity index (χ1n) is 5.51. The van der Waals surface area contributed by atoms with Crippen molar-refractivity contribution in [2.45, 2.75) is 18.4 Å². The first-order valence-corrected chi connectivity index (χ1v) is 8.25. The number of aryl methyl sites for hydroxylation is 1. The van der Waals surface area contributed by atoms with E-state index < -0.39 is 22.4 Å². The summed E-state index contributed by atoms with van der Waals surface area (Å²) in [6.45, 7) is 1.20. The van der Waals surface area contributed by atoms with Crippen molar-refractivity contribution < 1.29 is 17.9 Å². The highest BCUT2D eigenvalue weighted by atomic mass is 35.5. The quantitative estimate of drug-likeness (QED) is 0.902. The van der Waals surface area contributed by atoms with E-state index in [-0.39, 0.29) is 15.6 Å². The van der Waals surface area contributed by atoms with Gasteiger partial charge in [0.15, 0.2) is 0 Å². The normalized spacial score (nSPS) is 11.6. The molecule has 0 radical (unpaired) electrons. The first kappa shape index (κ1) is 15.2. The Hall–Kier alpha value is -1.15. The predicted molar refractivity (Wildman–Crippen MR) is 77.2 cm³/mol. The Balaban J connectivity index is 2.49. The maximum atomic E-state index is 13.6. The number of sulfonamides is 1. The molecule has 2 rings (SSSR count). The molecule has 0 aliphatic rings. The van der Waals surface area contributed by atoms with Gasteiger partial charge in [-0.3, -0.25) is 4.72 Å². The third kappa shape index (κ3) is 2.80. The average molecular weight is 336 g/mol. The Kier molecular flexibility index (Phi) is 4.33. The molecule has 1 heterocycles. The lowest BCUT2D eigenvalue weighted by atomic mass is 10.3.